The van der Waals surface area contributed by atoms with Crippen molar-refractivity contribution in [3.63, 3.8) is 0 Å². The van der Waals surface area contributed by atoms with Gasteiger partial charge in [-0.15, -0.1) is 10.2 Å². The fourth-order valence-corrected chi connectivity index (χ4v) is 3.27. The maximum absolute atomic E-state index is 5.37. The molecule has 0 saturated carbocycles. The minimum Gasteiger partial charge on any atom is -0.362 e. The van der Waals surface area contributed by atoms with Crippen molar-refractivity contribution < 1.29 is 0 Å². The van der Waals surface area contributed by atoms with Gasteiger partial charge in [-0.05, 0) is 49.4 Å². The van der Waals surface area contributed by atoms with E-state index in [1.54, 1.807) is 11.8 Å². The number of hydrogen-bond acceptors (Lipinski definition) is 4. The SMILES string of the molecule is CSc1nnc(CCCNC(=S)Nc2ccccc2C)n1CC(C)C. The summed E-state index contributed by atoms with van der Waals surface area (Å²) in [7, 11) is 0. The van der Waals surface area contributed by atoms with Crippen molar-refractivity contribution in [1.29, 1.82) is 0 Å². The first-order chi connectivity index (χ1) is 12.0. The number of aromatic nitrogens is 3. The fourth-order valence-electron chi connectivity index (χ4n) is 2.53. The number of anilines is 1. The van der Waals surface area contributed by atoms with Gasteiger partial charge in [-0.25, -0.2) is 0 Å². The highest BCUT2D eigenvalue weighted by Gasteiger charge is 2.12. The van der Waals surface area contributed by atoms with Crippen molar-refractivity contribution in [3.05, 3.63) is 35.7 Å². The van der Waals surface area contributed by atoms with Gasteiger partial charge in [0.15, 0.2) is 10.3 Å². The molecule has 0 atom stereocenters. The second-order valence-electron chi connectivity index (χ2n) is 6.41. The van der Waals surface area contributed by atoms with E-state index in [0.717, 1.165) is 42.6 Å². The minimum absolute atomic E-state index is 0.574. The third-order valence-corrected chi connectivity index (χ3v) is 4.69. The highest BCUT2D eigenvalue weighted by atomic mass is 32.2. The third kappa shape index (κ3) is 6.01. The Morgan fingerprint density at radius 1 is 1.28 bits per heavy atom. The summed E-state index contributed by atoms with van der Waals surface area (Å²) in [6, 6.07) is 8.12. The van der Waals surface area contributed by atoms with Crippen LogP contribution in [0.3, 0.4) is 0 Å². The van der Waals surface area contributed by atoms with Crippen molar-refractivity contribution >= 4 is 34.8 Å². The summed E-state index contributed by atoms with van der Waals surface area (Å²) in [5, 5.41) is 16.8. The van der Waals surface area contributed by atoms with Gasteiger partial charge in [0.2, 0.25) is 0 Å². The molecule has 1 aromatic carbocycles. The molecule has 0 aliphatic carbocycles. The molecule has 0 saturated heterocycles. The van der Waals surface area contributed by atoms with E-state index < -0.39 is 0 Å². The lowest BCUT2D eigenvalue weighted by Crippen LogP contribution is -2.29. The Hall–Kier alpha value is -1.60. The van der Waals surface area contributed by atoms with Crippen LogP contribution >= 0.6 is 24.0 Å². The Morgan fingerprint density at radius 3 is 2.72 bits per heavy atom. The summed E-state index contributed by atoms with van der Waals surface area (Å²) in [6.45, 7) is 8.26. The number of para-hydroxylation sites is 1. The Morgan fingerprint density at radius 2 is 2.04 bits per heavy atom. The van der Waals surface area contributed by atoms with E-state index in [4.69, 9.17) is 12.2 Å². The molecule has 0 aliphatic heterocycles. The number of thioether (sulfide) groups is 1. The first-order valence-corrected chi connectivity index (χ1v) is 10.2. The number of nitrogens with one attached hydrogen (secondary N) is 2. The van der Waals surface area contributed by atoms with Crippen LogP contribution in [0.25, 0.3) is 0 Å². The summed E-state index contributed by atoms with van der Waals surface area (Å²) in [6.07, 6.45) is 3.89. The van der Waals surface area contributed by atoms with Gasteiger partial charge < -0.3 is 15.2 Å². The largest absolute Gasteiger partial charge is 0.362 e. The molecule has 0 radical (unpaired) electrons. The van der Waals surface area contributed by atoms with Crippen LogP contribution in [-0.4, -0.2) is 32.7 Å². The molecule has 0 bridgehead atoms. The average Bonchev–Trinajstić information content (AvgIpc) is 2.95. The molecule has 5 nitrogen and oxygen atoms in total. The fraction of sp³-hybridized carbons (Fsp3) is 0.500. The van der Waals surface area contributed by atoms with Crippen LogP contribution in [-0.2, 0) is 13.0 Å². The number of rotatable bonds is 8. The topological polar surface area (TPSA) is 54.8 Å². The first kappa shape index (κ1) is 19.7. The molecule has 0 fully saturated rings. The molecule has 7 heteroatoms. The van der Waals surface area contributed by atoms with Crippen LogP contribution in [0.4, 0.5) is 5.69 Å². The van der Waals surface area contributed by atoms with Crippen LogP contribution < -0.4 is 10.6 Å². The molecule has 0 amide bonds. The zero-order valence-corrected chi connectivity index (χ0v) is 17.0. The molecule has 136 valence electrons. The van der Waals surface area contributed by atoms with E-state index in [2.05, 4.69) is 52.2 Å². The van der Waals surface area contributed by atoms with Gasteiger partial charge in [-0.1, -0.05) is 43.8 Å². The van der Waals surface area contributed by atoms with E-state index in [0.29, 0.717) is 11.0 Å². The molecule has 1 aromatic heterocycles. The van der Waals surface area contributed by atoms with Gasteiger partial charge in [0.25, 0.3) is 0 Å². The van der Waals surface area contributed by atoms with Crippen molar-refractivity contribution in [3.8, 4) is 0 Å². The van der Waals surface area contributed by atoms with Crippen LogP contribution in [0.1, 0.15) is 31.7 Å². The zero-order valence-electron chi connectivity index (χ0n) is 15.4. The number of thiocarbonyl (C=S) groups is 1. The van der Waals surface area contributed by atoms with E-state index in [9.17, 15) is 0 Å². The Bertz CT molecular complexity index is 697. The predicted molar refractivity (Wildman–Crippen MR) is 110 cm³/mol. The molecule has 0 aliphatic rings. The summed E-state index contributed by atoms with van der Waals surface area (Å²) < 4.78 is 2.24. The Kier molecular flexibility index (Phi) is 7.71. The van der Waals surface area contributed by atoms with E-state index in [-0.39, 0.29) is 0 Å². The lowest BCUT2D eigenvalue weighted by molar-refractivity contribution is 0.477. The molecular formula is C18H27N5S2. The van der Waals surface area contributed by atoms with Crippen LogP contribution in [0.5, 0.6) is 0 Å². The molecule has 0 unspecified atom stereocenters. The lowest BCUT2D eigenvalue weighted by atomic mass is 10.2. The molecule has 2 N–H and O–H groups in total. The number of benzene rings is 1. The first-order valence-electron chi connectivity index (χ1n) is 8.57. The standard InChI is InChI=1S/C18H27N5S2/c1-13(2)12-23-16(21-22-18(23)25-4)10-7-11-19-17(24)20-15-9-6-5-8-14(15)3/h5-6,8-9,13H,7,10-12H2,1-4H3,(H2,19,20,24). The summed E-state index contributed by atoms with van der Waals surface area (Å²) in [4.78, 5) is 0. The number of hydrogen-bond donors (Lipinski definition) is 2. The maximum Gasteiger partial charge on any atom is 0.190 e. The molecule has 2 rings (SSSR count). The van der Waals surface area contributed by atoms with Crippen LogP contribution in [0.15, 0.2) is 29.4 Å². The molecule has 0 spiro atoms. The normalized spacial score (nSPS) is 10.9. The number of nitrogens with zero attached hydrogens (tertiary/aromatic N) is 3. The molecule has 25 heavy (non-hydrogen) atoms. The predicted octanol–water partition coefficient (Wildman–Crippen LogP) is 3.88. The van der Waals surface area contributed by atoms with Crippen LogP contribution in [0.2, 0.25) is 0 Å². The molecule has 2 aromatic rings. The van der Waals surface area contributed by atoms with Gasteiger partial charge in [-0.2, -0.15) is 0 Å². The van der Waals surface area contributed by atoms with Crippen molar-refractivity contribution in [1.82, 2.24) is 20.1 Å². The van der Waals surface area contributed by atoms with Gasteiger partial charge in [0, 0.05) is 25.2 Å². The highest BCUT2D eigenvalue weighted by Crippen LogP contribution is 2.17. The van der Waals surface area contributed by atoms with Gasteiger partial charge in [0.05, 0.1) is 0 Å². The Balaban J connectivity index is 1.80. The smallest absolute Gasteiger partial charge is 0.190 e. The van der Waals surface area contributed by atoms with Crippen LogP contribution in [0, 0.1) is 12.8 Å². The zero-order chi connectivity index (χ0) is 18.2. The van der Waals surface area contributed by atoms with Gasteiger partial charge in [0.1, 0.15) is 5.82 Å². The van der Waals surface area contributed by atoms with Gasteiger partial charge >= 0.3 is 0 Å². The second kappa shape index (κ2) is 9.77. The summed E-state index contributed by atoms with van der Waals surface area (Å²) in [5.74, 6) is 1.63. The quantitative estimate of drug-likeness (QED) is 0.414. The van der Waals surface area contributed by atoms with E-state index in [1.807, 2.05) is 24.5 Å². The van der Waals surface area contributed by atoms with Gasteiger partial charge in [-0.3, -0.25) is 0 Å². The minimum atomic E-state index is 0.574. The van der Waals surface area contributed by atoms with E-state index >= 15 is 0 Å². The van der Waals surface area contributed by atoms with Crippen molar-refractivity contribution in [2.45, 2.75) is 45.3 Å². The highest BCUT2D eigenvalue weighted by molar-refractivity contribution is 7.98. The average molecular weight is 378 g/mol. The summed E-state index contributed by atoms with van der Waals surface area (Å²) in [5.41, 5.74) is 2.22. The second-order valence-corrected chi connectivity index (χ2v) is 7.59. The Labute approximate surface area is 160 Å². The monoisotopic (exact) mass is 377 g/mol. The molecular weight excluding hydrogens is 350 g/mol. The van der Waals surface area contributed by atoms with Crippen molar-refractivity contribution in [2.75, 3.05) is 18.1 Å². The van der Waals surface area contributed by atoms with E-state index in [1.165, 1.54) is 5.56 Å². The number of aryl methyl sites for hydroxylation is 2. The summed E-state index contributed by atoms with van der Waals surface area (Å²) >= 11 is 7.02. The van der Waals surface area contributed by atoms with Crippen molar-refractivity contribution in [2.24, 2.45) is 5.92 Å². The molecule has 1 heterocycles. The third-order valence-electron chi connectivity index (χ3n) is 3.78. The maximum atomic E-state index is 5.37. The lowest BCUT2D eigenvalue weighted by Gasteiger charge is -2.13.